The fourth-order valence-electron chi connectivity index (χ4n) is 2.37. The molecular formula is C14H18N6S. The van der Waals surface area contributed by atoms with E-state index in [2.05, 4.69) is 32.5 Å². The van der Waals surface area contributed by atoms with Crippen LogP contribution < -0.4 is 10.6 Å². The third kappa shape index (κ3) is 2.56. The zero-order valence-electron chi connectivity index (χ0n) is 12.5. The molecule has 0 fully saturated rings. The maximum Gasteiger partial charge on any atom is 0.180 e. The molecule has 1 unspecified atom stereocenters. The lowest BCUT2D eigenvalue weighted by Gasteiger charge is -2.15. The monoisotopic (exact) mass is 302 g/mol. The van der Waals surface area contributed by atoms with E-state index in [0.29, 0.717) is 0 Å². The number of imidazole rings is 1. The molecule has 3 aromatic rings. The zero-order chi connectivity index (χ0) is 15.0. The number of aryl methyl sites for hydroxylation is 2. The Morgan fingerprint density at radius 2 is 2.10 bits per heavy atom. The van der Waals surface area contributed by atoms with Crippen molar-refractivity contribution in [1.29, 1.82) is 0 Å². The topological polar surface area (TPSA) is 67.1 Å². The number of hydrogen-bond donors (Lipinski definition) is 2. The van der Waals surface area contributed by atoms with Gasteiger partial charge in [-0.2, -0.15) is 0 Å². The van der Waals surface area contributed by atoms with Crippen molar-refractivity contribution in [3.8, 4) is 0 Å². The minimum absolute atomic E-state index is 0.135. The Morgan fingerprint density at radius 1 is 1.29 bits per heavy atom. The summed E-state index contributed by atoms with van der Waals surface area (Å²) in [5.74, 6) is 1.57. The Bertz CT molecular complexity index is 775. The van der Waals surface area contributed by atoms with Crippen LogP contribution in [-0.4, -0.2) is 26.4 Å². The first-order valence-corrected chi connectivity index (χ1v) is 7.62. The molecule has 0 aromatic carbocycles. The van der Waals surface area contributed by atoms with Crippen LogP contribution in [0.15, 0.2) is 18.6 Å². The first-order valence-electron chi connectivity index (χ1n) is 6.80. The molecule has 1 atom stereocenters. The van der Waals surface area contributed by atoms with Crippen LogP contribution >= 0.6 is 11.3 Å². The Labute approximate surface area is 127 Å². The average Bonchev–Trinajstić information content (AvgIpc) is 3.04. The summed E-state index contributed by atoms with van der Waals surface area (Å²) in [6, 6.07) is 0.135. The second-order valence-electron chi connectivity index (χ2n) is 4.93. The van der Waals surface area contributed by atoms with Gasteiger partial charge in [-0.25, -0.2) is 15.0 Å². The lowest BCUT2D eigenvalue weighted by atomic mass is 10.2. The van der Waals surface area contributed by atoms with Crippen LogP contribution in [0.25, 0.3) is 5.65 Å². The Balaban J connectivity index is 1.97. The normalized spacial score (nSPS) is 12.6. The van der Waals surface area contributed by atoms with E-state index in [1.807, 2.05) is 37.7 Å². The number of rotatable bonds is 4. The van der Waals surface area contributed by atoms with Crippen LogP contribution in [0.1, 0.15) is 28.5 Å². The van der Waals surface area contributed by atoms with Gasteiger partial charge in [-0.3, -0.25) is 0 Å². The van der Waals surface area contributed by atoms with Crippen molar-refractivity contribution in [3.63, 3.8) is 0 Å². The van der Waals surface area contributed by atoms with E-state index >= 15 is 0 Å². The molecule has 3 rings (SSSR count). The van der Waals surface area contributed by atoms with Crippen molar-refractivity contribution in [2.45, 2.75) is 26.8 Å². The molecule has 0 radical (unpaired) electrons. The second kappa shape index (κ2) is 5.33. The van der Waals surface area contributed by atoms with Gasteiger partial charge in [0.25, 0.3) is 0 Å². The Hall–Kier alpha value is -2.15. The molecule has 110 valence electrons. The van der Waals surface area contributed by atoms with Gasteiger partial charge in [0.15, 0.2) is 11.5 Å². The van der Waals surface area contributed by atoms with E-state index in [1.165, 1.54) is 4.88 Å². The SMILES string of the molecule is CNc1cn2ccnc2c(NC(C)c2sc(C)nc2C)n1. The van der Waals surface area contributed by atoms with Crippen molar-refractivity contribution < 1.29 is 0 Å². The highest BCUT2D eigenvalue weighted by Crippen LogP contribution is 2.28. The van der Waals surface area contributed by atoms with E-state index in [1.54, 1.807) is 17.5 Å². The predicted molar refractivity (Wildman–Crippen MR) is 86.2 cm³/mol. The highest BCUT2D eigenvalue weighted by molar-refractivity contribution is 7.11. The van der Waals surface area contributed by atoms with Crippen molar-refractivity contribution in [1.82, 2.24) is 19.4 Å². The fraction of sp³-hybridized carbons (Fsp3) is 0.357. The molecule has 3 heterocycles. The molecule has 0 saturated heterocycles. The molecule has 0 amide bonds. The fourth-order valence-corrected chi connectivity index (χ4v) is 3.30. The summed E-state index contributed by atoms with van der Waals surface area (Å²) in [4.78, 5) is 14.7. The molecule has 0 spiro atoms. The summed E-state index contributed by atoms with van der Waals surface area (Å²) in [6.45, 7) is 6.19. The third-order valence-corrected chi connectivity index (χ3v) is 4.57. The van der Waals surface area contributed by atoms with Crippen LogP contribution in [-0.2, 0) is 0 Å². The summed E-state index contributed by atoms with van der Waals surface area (Å²) >= 11 is 1.71. The van der Waals surface area contributed by atoms with Crippen molar-refractivity contribution in [2.24, 2.45) is 0 Å². The number of aromatic nitrogens is 4. The molecule has 0 saturated carbocycles. The first kappa shape index (κ1) is 13.8. The molecule has 0 aliphatic rings. The van der Waals surface area contributed by atoms with Gasteiger partial charge < -0.3 is 15.0 Å². The van der Waals surface area contributed by atoms with E-state index in [9.17, 15) is 0 Å². The average molecular weight is 302 g/mol. The summed E-state index contributed by atoms with van der Waals surface area (Å²) in [6.07, 6.45) is 5.60. The number of anilines is 2. The third-order valence-electron chi connectivity index (χ3n) is 3.32. The van der Waals surface area contributed by atoms with Crippen LogP contribution in [0.5, 0.6) is 0 Å². The van der Waals surface area contributed by atoms with Gasteiger partial charge in [-0.1, -0.05) is 0 Å². The molecule has 0 aliphatic carbocycles. The smallest absolute Gasteiger partial charge is 0.180 e. The highest BCUT2D eigenvalue weighted by Gasteiger charge is 2.16. The van der Waals surface area contributed by atoms with Gasteiger partial charge in [0.05, 0.1) is 22.9 Å². The van der Waals surface area contributed by atoms with Gasteiger partial charge in [0.1, 0.15) is 5.82 Å². The van der Waals surface area contributed by atoms with Crippen LogP contribution in [0.4, 0.5) is 11.6 Å². The molecule has 0 aliphatic heterocycles. The predicted octanol–water partition coefficient (Wildman–Crippen LogP) is 3.02. The highest BCUT2D eigenvalue weighted by atomic mass is 32.1. The number of nitrogens with zero attached hydrogens (tertiary/aromatic N) is 4. The minimum atomic E-state index is 0.135. The van der Waals surface area contributed by atoms with Gasteiger partial charge in [-0.05, 0) is 20.8 Å². The molecule has 6 nitrogen and oxygen atoms in total. The number of nitrogens with one attached hydrogen (secondary N) is 2. The minimum Gasteiger partial charge on any atom is -0.372 e. The van der Waals surface area contributed by atoms with Gasteiger partial charge in [0.2, 0.25) is 0 Å². The lowest BCUT2D eigenvalue weighted by molar-refractivity contribution is 0.878. The second-order valence-corrected chi connectivity index (χ2v) is 6.17. The number of hydrogen-bond acceptors (Lipinski definition) is 6. The zero-order valence-corrected chi connectivity index (χ0v) is 13.3. The van der Waals surface area contributed by atoms with Crippen molar-refractivity contribution >= 4 is 28.6 Å². The maximum atomic E-state index is 4.57. The molecule has 21 heavy (non-hydrogen) atoms. The number of fused-ring (bicyclic) bond motifs is 1. The van der Waals surface area contributed by atoms with Crippen molar-refractivity contribution in [2.75, 3.05) is 17.7 Å². The summed E-state index contributed by atoms with van der Waals surface area (Å²) in [5.41, 5.74) is 1.89. The van der Waals surface area contributed by atoms with Gasteiger partial charge in [0, 0.05) is 24.3 Å². The van der Waals surface area contributed by atoms with Crippen LogP contribution in [0.3, 0.4) is 0 Å². The molecular weight excluding hydrogens is 284 g/mol. The standard InChI is InChI=1S/C14H18N6S/c1-8-12(21-10(3)17-8)9(2)18-13-14-16-5-6-20(14)7-11(15-4)19-13/h5-7,9,15H,1-4H3,(H,18,19). The van der Waals surface area contributed by atoms with E-state index < -0.39 is 0 Å². The molecule has 3 aromatic heterocycles. The lowest BCUT2D eigenvalue weighted by Crippen LogP contribution is -2.10. The molecule has 7 heteroatoms. The van der Waals surface area contributed by atoms with Crippen LogP contribution in [0, 0.1) is 13.8 Å². The van der Waals surface area contributed by atoms with Gasteiger partial charge in [-0.15, -0.1) is 11.3 Å². The van der Waals surface area contributed by atoms with Crippen LogP contribution in [0.2, 0.25) is 0 Å². The largest absolute Gasteiger partial charge is 0.372 e. The Kier molecular flexibility index (Phi) is 3.50. The number of thiazole rings is 1. The van der Waals surface area contributed by atoms with E-state index in [0.717, 1.165) is 28.0 Å². The van der Waals surface area contributed by atoms with E-state index in [4.69, 9.17) is 0 Å². The summed E-state index contributed by atoms with van der Waals surface area (Å²) in [5, 5.41) is 7.60. The Morgan fingerprint density at radius 3 is 2.76 bits per heavy atom. The molecule has 2 N–H and O–H groups in total. The maximum absolute atomic E-state index is 4.57. The quantitative estimate of drug-likeness (QED) is 0.775. The van der Waals surface area contributed by atoms with E-state index in [-0.39, 0.29) is 6.04 Å². The summed E-state index contributed by atoms with van der Waals surface area (Å²) < 4.78 is 1.96. The van der Waals surface area contributed by atoms with Crippen molar-refractivity contribution in [3.05, 3.63) is 34.2 Å². The van der Waals surface area contributed by atoms with Gasteiger partial charge >= 0.3 is 0 Å². The first-order chi connectivity index (χ1) is 10.1. The molecule has 0 bridgehead atoms. The summed E-state index contributed by atoms with van der Waals surface area (Å²) in [7, 11) is 1.86.